The van der Waals surface area contributed by atoms with Crippen LogP contribution in [-0.4, -0.2) is 19.7 Å². The minimum absolute atomic E-state index is 0.295. The van der Waals surface area contributed by atoms with Gasteiger partial charge in [0, 0.05) is 10.2 Å². The van der Waals surface area contributed by atoms with Gasteiger partial charge >= 0.3 is 0 Å². The molecule has 0 atom stereocenters. The number of sulfonamides is 1. The van der Waals surface area contributed by atoms with Gasteiger partial charge in [0.1, 0.15) is 5.82 Å². The molecule has 0 saturated heterocycles. The van der Waals surface area contributed by atoms with Gasteiger partial charge in [-0.3, -0.25) is 4.72 Å². The summed E-state index contributed by atoms with van der Waals surface area (Å²) in [6.07, 6.45) is 2.66. The molecule has 0 spiro atoms. The van der Waals surface area contributed by atoms with E-state index in [0.717, 1.165) is 27.7 Å². The number of rotatable bonds is 4. The SMILES string of the molecule is Cc1ccc(Nc2ccc(NS(C)(=O)=O)nc2)cc1Br. The van der Waals surface area contributed by atoms with E-state index in [1.54, 1.807) is 18.3 Å². The Morgan fingerprint density at radius 1 is 1.15 bits per heavy atom. The lowest BCUT2D eigenvalue weighted by molar-refractivity contribution is 0.606. The molecule has 0 fully saturated rings. The van der Waals surface area contributed by atoms with Gasteiger partial charge in [0.05, 0.1) is 18.1 Å². The molecule has 1 heterocycles. The Morgan fingerprint density at radius 3 is 2.40 bits per heavy atom. The van der Waals surface area contributed by atoms with E-state index < -0.39 is 10.0 Å². The molecule has 0 radical (unpaired) electrons. The highest BCUT2D eigenvalue weighted by Crippen LogP contribution is 2.23. The standard InChI is InChI=1S/C13H14BrN3O2S/c1-9-3-4-10(7-12(9)14)16-11-5-6-13(15-8-11)17-20(2,18)19/h3-8,16H,1-2H3,(H,15,17). The average molecular weight is 356 g/mol. The number of nitrogens with zero attached hydrogens (tertiary/aromatic N) is 1. The zero-order valence-electron chi connectivity index (χ0n) is 11.0. The number of anilines is 3. The summed E-state index contributed by atoms with van der Waals surface area (Å²) in [5, 5.41) is 3.19. The molecule has 5 nitrogen and oxygen atoms in total. The number of halogens is 1. The fourth-order valence-corrected chi connectivity index (χ4v) is 2.43. The van der Waals surface area contributed by atoms with Crippen molar-refractivity contribution in [1.29, 1.82) is 0 Å². The lowest BCUT2D eigenvalue weighted by Gasteiger charge is -2.09. The third kappa shape index (κ3) is 4.21. The third-order valence-electron chi connectivity index (χ3n) is 2.51. The molecular weight excluding hydrogens is 342 g/mol. The van der Waals surface area contributed by atoms with E-state index in [-0.39, 0.29) is 0 Å². The van der Waals surface area contributed by atoms with E-state index >= 15 is 0 Å². The van der Waals surface area contributed by atoms with Crippen LogP contribution in [-0.2, 0) is 10.0 Å². The Hall–Kier alpha value is -1.60. The molecule has 0 amide bonds. The normalized spacial score (nSPS) is 11.2. The summed E-state index contributed by atoms with van der Waals surface area (Å²) in [5.74, 6) is 0.295. The second-order valence-electron chi connectivity index (χ2n) is 4.40. The summed E-state index contributed by atoms with van der Waals surface area (Å²) in [6.45, 7) is 2.01. The van der Waals surface area contributed by atoms with Crippen LogP contribution in [0.4, 0.5) is 17.2 Å². The molecule has 106 valence electrons. The molecule has 0 bridgehead atoms. The van der Waals surface area contributed by atoms with Gasteiger partial charge in [-0.15, -0.1) is 0 Å². The van der Waals surface area contributed by atoms with Crippen LogP contribution in [0.2, 0.25) is 0 Å². The van der Waals surface area contributed by atoms with Gasteiger partial charge in [-0.1, -0.05) is 22.0 Å². The third-order valence-corrected chi connectivity index (χ3v) is 3.95. The fourth-order valence-electron chi connectivity index (χ4n) is 1.56. The van der Waals surface area contributed by atoms with Gasteiger partial charge in [0.25, 0.3) is 0 Å². The Bertz CT molecular complexity index is 715. The van der Waals surface area contributed by atoms with E-state index in [0.29, 0.717) is 5.82 Å². The lowest BCUT2D eigenvalue weighted by Crippen LogP contribution is -2.10. The molecule has 20 heavy (non-hydrogen) atoms. The lowest BCUT2D eigenvalue weighted by atomic mass is 10.2. The molecule has 2 rings (SSSR count). The van der Waals surface area contributed by atoms with E-state index in [1.807, 2.05) is 25.1 Å². The fraction of sp³-hybridized carbons (Fsp3) is 0.154. The summed E-state index contributed by atoms with van der Waals surface area (Å²) in [4.78, 5) is 4.04. The van der Waals surface area contributed by atoms with Gasteiger partial charge in [-0.2, -0.15) is 0 Å². The molecule has 2 aromatic rings. The molecule has 0 saturated carbocycles. The number of pyridine rings is 1. The highest BCUT2D eigenvalue weighted by molar-refractivity contribution is 9.10. The first-order valence-electron chi connectivity index (χ1n) is 5.80. The maximum Gasteiger partial charge on any atom is 0.230 e. The molecule has 1 aromatic carbocycles. The predicted octanol–water partition coefficient (Wildman–Crippen LogP) is 3.27. The Balaban J connectivity index is 2.12. The van der Waals surface area contributed by atoms with E-state index in [2.05, 4.69) is 31.0 Å². The van der Waals surface area contributed by atoms with E-state index in [4.69, 9.17) is 0 Å². The summed E-state index contributed by atoms with van der Waals surface area (Å²) >= 11 is 3.47. The number of nitrogens with one attached hydrogen (secondary N) is 2. The molecule has 0 aliphatic rings. The van der Waals surface area contributed by atoms with Crippen molar-refractivity contribution < 1.29 is 8.42 Å². The second kappa shape index (κ2) is 5.80. The summed E-state index contributed by atoms with van der Waals surface area (Å²) < 4.78 is 25.5. The quantitative estimate of drug-likeness (QED) is 0.882. The molecule has 1 aromatic heterocycles. The minimum atomic E-state index is -3.30. The largest absolute Gasteiger partial charge is 0.354 e. The van der Waals surface area contributed by atoms with Crippen molar-refractivity contribution in [2.24, 2.45) is 0 Å². The monoisotopic (exact) mass is 355 g/mol. The van der Waals surface area contributed by atoms with Crippen LogP contribution in [0.1, 0.15) is 5.56 Å². The number of benzene rings is 1. The maximum absolute atomic E-state index is 11.1. The topological polar surface area (TPSA) is 71.1 Å². The average Bonchev–Trinajstić information content (AvgIpc) is 2.35. The summed E-state index contributed by atoms with van der Waals surface area (Å²) in [7, 11) is -3.30. The molecule has 2 N–H and O–H groups in total. The maximum atomic E-state index is 11.1. The smallest absolute Gasteiger partial charge is 0.230 e. The highest BCUT2D eigenvalue weighted by Gasteiger charge is 2.03. The second-order valence-corrected chi connectivity index (χ2v) is 7.00. The van der Waals surface area contributed by atoms with Gasteiger partial charge in [-0.05, 0) is 36.8 Å². The van der Waals surface area contributed by atoms with Gasteiger partial charge in [0.2, 0.25) is 10.0 Å². The number of aryl methyl sites for hydroxylation is 1. The van der Waals surface area contributed by atoms with Gasteiger partial charge in [0.15, 0.2) is 0 Å². The summed E-state index contributed by atoms with van der Waals surface area (Å²) in [5.41, 5.74) is 2.86. The Morgan fingerprint density at radius 2 is 1.85 bits per heavy atom. The van der Waals surface area contributed by atoms with Gasteiger partial charge < -0.3 is 5.32 Å². The van der Waals surface area contributed by atoms with Crippen LogP contribution in [0.25, 0.3) is 0 Å². The van der Waals surface area contributed by atoms with Crippen LogP contribution >= 0.6 is 15.9 Å². The Labute approximate surface area is 126 Å². The highest BCUT2D eigenvalue weighted by atomic mass is 79.9. The van der Waals surface area contributed by atoms with E-state index in [9.17, 15) is 8.42 Å². The zero-order chi connectivity index (χ0) is 14.8. The van der Waals surface area contributed by atoms with E-state index in [1.165, 1.54) is 0 Å². The molecule has 0 unspecified atom stereocenters. The van der Waals surface area contributed by atoms with Crippen molar-refractivity contribution in [2.45, 2.75) is 6.92 Å². The van der Waals surface area contributed by atoms with Crippen molar-refractivity contribution in [3.8, 4) is 0 Å². The first-order chi connectivity index (χ1) is 9.33. The predicted molar refractivity (Wildman–Crippen MR) is 84.9 cm³/mol. The Kier molecular flexibility index (Phi) is 4.29. The van der Waals surface area contributed by atoms with Crippen LogP contribution < -0.4 is 10.0 Å². The molecule has 7 heteroatoms. The molecular formula is C13H14BrN3O2S. The number of hydrogen-bond acceptors (Lipinski definition) is 4. The van der Waals surface area contributed by atoms with Crippen LogP contribution in [0.5, 0.6) is 0 Å². The van der Waals surface area contributed by atoms with Crippen LogP contribution in [0.3, 0.4) is 0 Å². The summed E-state index contributed by atoms with van der Waals surface area (Å²) in [6, 6.07) is 9.29. The van der Waals surface area contributed by atoms with Crippen molar-refractivity contribution >= 4 is 43.1 Å². The van der Waals surface area contributed by atoms with Crippen LogP contribution in [0.15, 0.2) is 41.0 Å². The van der Waals surface area contributed by atoms with Crippen molar-refractivity contribution in [3.05, 3.63) is 46.6 Å². The van der Waals surface area contributed by atoms with Crippen LogP contribution in [0, 0.1) is 6.92 Å². The molecule has 0 aliphatic carbocycles. The van der Waals surface area contributed by atoms with Crippen molar-refractivity contribution in [1.82, 2.24) is 4.98 Å². The first-order valence-corrected chi connectivity index (χ1v) is 8.49. The van der Waals surface area contributed by atoms with Gasteiger partial charge in [-0.25, -0.2) is 13.4 Å². The number of aromatic nitrogens is 1. The van der Waals surface area contributed by atoms with Crippen molar-refractivity contribution in [2.75, 3.05) is 16.3 Å². The number of hydrogen-bond donors (Lipinski definition) is 2. The zero-order valence-corrected chi connectivity index (χ0v) is 13.4. The molecule has 0 aliphatic heterocycles. The van der Waals surface area contributed by atoms with Crippen molar-refractivity contribution in [3.63, 3.8) is 0 Å². The minimum Gasteiger partial charge on any atom is -0.354 e. The first kappa shape index (κ1) is 14.8.